The van der Waals surface area contributed by atoms with Gasteiger partial charge in [0.05, 0.1) is 5.69 Å². The molecule has 0 atom stereocenters. The van der Waals surface area contributed by atoms with Crippen LogP contribution in [-0.2, 0) is 20.0 Å². The lowest BCUT2D eigenvalue weighted by atomic mass is 9.90. The minimum atomic E-state index is 0.430. The van der Waals surface area contributed by atoms with Crippen molar-refractivity contribution in [1.82, 2.24) is 14.7 Å². The van der Waals surface area contributed by atoms with E-state index in [4.69, 9.17) is 5.73 Å². The summed E-state index contributed by atoms with van der Waals surface area (Å²) in [4.78, 5) is 2.65. The Labute approximate surface area is 123 Å². The largest absolute Gasteiger partial charge is 0.328 e. The molecule has 0 saturated heterocycles. The van der Waals surface area contributed by atoms with Gasteiger partial charge in [0.2, 0.25) is 0 Å². The smallest absolute Gasteiger partial charge is 0.0666 e. The number of hydrogen-bond donors (Lipinski definition) is 1. The van der Waals surface area contributed by atoms with E-state index in [0.717, 1.165) is 13.0 Å². The summed E-state index contributed by atoms with van der Waals surface area (Å²) in [7, 11) is 2.02. The zero-order chi connectivity index (χ0) is 14.5. The Hall–Kier alpha value is -0.870. The second-order valence-corrected chi connectivity index (χ2v) is 6.17. The van der Waals surface area contributed by atoms with Crippen LogP contribution in [0.15, 0.2) is 6.20 Å². The van der Waals surface area contributed by atoms with E-state index >= 15 is 0 Å². The molecule has 0 unspecified atom stereocenters. The highest BCUT2D eigenvalue weighted by Crippen LogP contribution is 2.24. The molecule has 114 valence electrons. The number of hydrogen-bond acceptors (Lipinski definition) is 3. The second kappa shape index (κ2) is 7.23. The van der Waals surface area contributed by atoms with Gasteiger partial charge in [-0.3, -0.25) is 9.58 Å². The molecule has 0 aromatic carbocycles. The van der Waals surface area contributed by atoms with E-state index < -0.39 is 0 Å². The van der Waals surface area contributed by atoms with Crippen LogP contribution in [0, 0.1) is 0 Å². The fraction of sp³-hybridized carbons (Fsp3) is 0.812. The first kappa shape index (κ1) is 15.5. The highest BCUT2D eigenvalue weighted by molar-refractivity contribution is 5.17. The zero-order valence-electron chi connectivity index (χ0n) is 13.3. The van der Waals surface area contributed by atoms with Gasteiger partial charge in [-0.05, 0) is 45.1 Å². The van der Waals surface area contributed by atoms with Crippen molar-refractivity contribution in [2.45, 2.75) is 71.0 Å². The molecule has 0 radical (unpaired) electrons. The van der Waals surface area contributed by atoms with E-state index in [2.05, 4.69) is 30.0 Å². The maximum Gasteiger partial charge on any atom is 0.0666 e. The van der Waals surface area contributed by atoms with Gasteiger partial charge in [-0.2, -0.15) is 5.10 Å². The highest BCUT2D eigenvalue weighted by Gasteiger charge is 2.24. The van der Waals surface area contributed by atoms with E-state index in [-0.39, 0.29) is 0 Å². The van der Waals surface area contributed by atoms with Crippen molar-refractivity contribution in [3.8, 4) is 0 Å². The summed E-state index contributed by atoms with van der Waals surface area (Å²) in [6.45, 7) is 6.68. The molecule has 2 rings (SSSR count). The number of nitrogens with two attached hydrogens (primary N) is 1. The predicted octanol–water partition coefficient (Wildman–Crippen LogP) is 2.46. The third-order valence-electron chi connectivity index (χ3n) is 4.47. The Morgan fingerprint density at radius 3 is 2.60 bits per heavy atom. The van der Waals surface area contributed by atoms with Crippen LogP contribution in [0.3, 0.4) is 0 Å². The fourth-order valence-corrected chi connectivity index (χ4v) is 3.38. The standard InChI is InChI=1S/C16H30N4/c1-4-10-20(15-8-6-14(17)7-9-15)12-13-11-19(3)18-16(13)5-2/h11,14-15H,4-10,12,17H2,1-3H3. The van der Waals surface area contributed by atoms with Crippen LogP contribution in [0.4, 0.5) is 0 Å². The molecule has 1 saturated carbocycles. The van der Waals surface area contributed by atoms with Gasteiger partial charge in [-0.1, -0.05) is 13.8 Å². The van der Waals surface area contributed by atoms with Crippen molar-refractivity contribution >= 4 is 0 Å². The summed E-state index contributed by atoms with van der Waals surface area (Å²) in [5, 5.41) is 4.57. The number of nitrogens with zero attached hydrogens (tertiary/aromatic N) is 3. The fourth-order valence-electron chi connectivity index (χ4n) is 3.38. The summed E-state index contributed by atoms with van der Waals surface area (Å²) >= 11 is 0. The Morgan fingerprint density at radius 1 is 1.30 bits per heavy atom. The first-order valence-electron chi connectivity index (χ1n) is 8.15. The van der Waals surface area contributed by atoms with E-state index in [1.807, 2.05) is 11.7 Å². The molecule has 2 N–H and O–H groups in total. The van der Waals surface area contributed by atoms with Crippen LogP contribution in [0.5, 0.6) is 0 Å². The maximum atomic E-state index is 6.04. The number of aromatic nitrogens is 2. The molecule has 20 heavy (non-hydrogen) atoms. The lowest BCUT2D eigenvalue weighted by Crippen LogP contribution is -2.41. The van der Waals surface area contributed by atoms with Crippen LogP contribution in [0.1, 0.15) is 57.2 Å². The molecule has 4 heteroatoms. The van der Waals surface area contributed by atoms with Crippen LogP contribution < -0.4 is 5.73 Å². The van der Waals surface area contributed by atoms with Gasteiger partial charge in [0.1, 0.15) is 0 Å². The maximum absolute atomic E-state index is 6.04. The topological polar surface area (TPSA) is 47.1 Å². The van der Waals surface area contributed by atoms with Gasteiger partial charge >= 0.3 is 0 Å². The normalized spacial score (nSPS) is 23.4. The molecular formula is C16H30N4. The molecule has 0 bridgehead atoms. The summed E-state index contributed by atoms with van der Waals surface area (Å²) in [5.74, 6) is 0. The minimum Gasteiger partial charge on any atom is -0.328 e. The van der Waals surface area contributed by atoms with E-state index in [0.29, 0.717) is 12.1 Å². The molecule has 0 aliphatic heterocycles. The molecule has 4 nitrogen and oxygen atoms in total. The molecule has 1 fully saturated rings. The molecule has 1 aliphatic rings. The zero-order valence-corrected chi connectivity index (χ0v) is 13.3. The van der Waals surface area contributed by atoms with Crippen LogP contribution in [-0.4, -0.2) is 33.3 Å². The van der Waals surface area contributed by atoms with Crippen molar-refractivity contribution in [3.63, 3.8) is 0 Å². The average molecular weight is 278 g/mol. The van der Waals surface area contributed by atoms with Gasteiger partial charge in [-0.15, -0.1) is 0 Å². The van der Waals surface area contributed by atoms with Crippen molar-refractivity contribution in [3.05, 3.63) is 17.5 Å². The van der Waals surface area contributed by atoms with Gasteiger partial charge < -0.3 is 5.73 Å². The van der Waals surface area contributed by atoms with Gasteiger partial charge in [0.15, 0.2) is 0 Å². The summed E-state index contributed by atoms with van der Waals surface area (Å²) in [5.41, 5.74) is 8.69. The molecular weight excluding hydrogens is 248 g/mol. The molecule has 1 heterocycles. The molecule has 0 spiro atoms. The van der Waals surface area contributed by atoms with E-state index in [1.54, 1.807) is 0 Å². The molecule has 1 aromatic heterocycles. The van der Waals surface area contributed by atoms with Crippen LogP contribution >= 0.6 is 0 Å². The SMILES string of the molecule is CCCN(Cc1cn(C)nc1CC)C1CCC(N)CC1. The molecule has 1 aromatic rings. The highest BCUT2D eigenvalue weighted by atomic mass is 15.3. The van der Waals surface area contributed by atoms with E-state index in [1.165, 1.54) is 49.9 Å². The first-order chi connectivity index (χ1) is 9.63. The van der Waals surface area contributed by atoms with Crippen molar-refractivity contribution < 1.29 is 0 Å². The van der Waals surface area contributed by atoms with Crippen LogP contribution in [0.2, 0.25) is 0 Å². The minimum absolute atomic E-state index is 0.430. The summed E-state index contributed by atoms with van der Waals surface area (Å²) < 4.78 is 1.95. The Bertz CT molecular complexity index is 405. The van der Waals surface area contributed by atoms with Crippen LogP contribution in [0.25, 0.3) is 0 Å². The van der Waals surface area contributed by atoms with Gasteiger partial charge in [-0.25, -0.2) is 0 Å². The van der Waals surface area contributed by atoms with Crippen molar-refractivity contribution in [2.24, 2.45) is 12.8 Å². The van der Waals surface area contributed by atoms with E-state index in [9.17, 15) is 0 Å². The van der Waals surface area contributed by atoms with Crippen molar-refractivity contribution in [1.29, 1.82) is 0 Å². The summed E-state index contributed by atoms with van der Waals surface area (Å²) in [6.07, 6.45) is 9.29. The lowest BCUT2D eigenvalue weighted by molar-refractivity contribution is 0.141. The Kier molecular flexibility index (Phi) is 5.61. The second-order valence-electron chi connectivity index (χ2n) is 6.17. The molecule has 0 amide bonds. The van der Waals surface area contributed by atoms with Gasteiger partial charge in [0, 0.05) is 37.4 Å². The lowest BCUT2D eigenvalue weighted by Gasteiger charge is -2.36. The third-order valence-corrected chi connectivity index (χ3v) is 4.47. The van der Waals surface area contributed by atoms with Crippen molar-refractivity contribution in [2.75, 3.05) is 6.54 Å². The Balaban J connectivity index is 2.04. The quantitative estimate of drug-likeness (QED) is 0.869. The van der Waals surface area contributed by atoms with Gasteiger partial charge in [0.25, 0.3) is 0 Å². The summed E-state index contributed by atoms with van der Waals surface area (Å²) in [6, 6.07) is 1.14. The first-order valence-corrected chi connectivity index (χ1v) is 8.15. The third kappa shape index (κ3) is 3.83. The average Bonchev–Trinajstić information content (AvgIpc) is 2.79. The number of rotatable bonds is 6. The Morgan fingerprint density at radius 2 is 2.00 bits per heavy atom. The monoisotopic (exact) mass is 278 g/mol. The molecule has 1 aliphatic carbocycles. The number of aryl methyl sites for hydroxylation is 2. The predicted molar refractivity (Wildman–Crippen MR) is 83.5 cm³/mol.